The van der Waals surface area contributed by atoms with Crippen LogP contribution in [-0.4, -0.2) is 51.0 Å². The molecule has 6 nitrogen and oxygen atoms in total. The van der Waals surface area contributed by atoms with Gasteiger partial charge in [-0.1, -0.05) is 51.1 Å². The van der Waals surface area contributed by atoms with Crippen molar-refractivity contribution in [2.45, 2.75) is 63.0 Å². The number of carbonyl (C=O) groups excluding carboxylic acids is 2. The lowest BCUT2D eigenvalue weighted by atomic mass is 9.64. The van der Waals surface area contributed by atoms with E-state index in [4.69, 9.17) is 9.16 Å². The van der Waals surface area contributed by atoms with Crippen molar-refractivity contribution in [2.75, 3.05) is 25.1 Å². The number of carbonyl (C=O) groups is 2. The van der Waals surface area contributed by atoms with E-state index in [-0.39, 0.29) is 24.2 Å². The number of ether oxygens (including phenoxy) is 1. The third-order valence-corrected chi connectivity index (χ3v) is 13.6. The molecule has 5 rings (SSSR count). The Morgan fingerprint density at radius 1 is 1.22 bits per heavy atom. The molecule has 0 unspecified atom stereocenters. The average molecular weight is 455 g/mol. The Hall–Kier alpha value is -1.96. The molecule has 2 bridgehead atoms. The molecule has 0 aromatic heterocycles. The van der Waals surface area contributed by atoms with Gasteiger partial charge in [-0.15, -0.1) is 0 Å². The van der Waals surface area contributed by atoms with Gasteiger partial charge in [0.15, 0.2) is 8.32 Å². The summed E-state index contributed by atoms with van der Waals surface area (Å²) in [7, 11) is -0.655. The van der Waals surface area contributed by atoms with Crippen LogP contribution in [0.5, 0.6) is 0 Å². The van der Waals surface area contributed by atoms with Crippen molar-refractivity contribution in [3.05, 3.63) is 42.0 Å². The molecule has 0 aliphatic carbocycles. The molecule has 3 saturated heterocycles. The van der Waals surface area contributed by atoms with Gasteiger partial charge in [0.25, 0.3) is 0 Å². The van der Waals surface area contributed by atoms with Crippen molar-refractivity contribution in [2.24, 2.45) is 11.8 Å². The maximum absolute atomic E-state index is 13.7. The summed E-state index contributed by atoms with van der Waals surface area (Å²) in [6.07, 6.45) is 1.05. The topological polar surface area (TPSA) is 59.1 Å². The lowest BCUT2D eigenvalue weighted by Gasteiger charge is -2.61. The predicted octanol–water partition coefficient (Wildman–Crippen LogP) is 4.03. The summed E-state index contributed by atoms with van der Waals surface area (Å²) in [6, 6.07) is 11.2. The summed E-state index contributed by atoms with van der Waals surface area (Å²) >= 11 is 0. The monoisotopic (exact) mass is 454 g/mol. The molecule has 4 atom stereocenters. The number of benzene rings is 1. The maximum atomic E-state index is 13.7. The zero-order chi connectivity index (χ0) is 22.9. The highest BCUT2D eigenvalue weighted by Gasteiger charge is 2.79. The van der Waals surface area contributed by atoms with Gasteiger partial charge in [0.2, 0.25) is 5.91 Å². The second-order valence-electron chi connectivity index (χ2n) is 9.79. The molecule has 4 aliphatic rings. The summed E-state index contributed by atoms with van der Waals surface area (Å²) in [6.45, 7) is 12.4. The number of fused-ring (bicyclic) bond motifs is 4. The standard InChI is InChI=1S/C25H34N2O4Si/c1-6-32(7-2,8-3)31-24-13-14-26-16-17(4)18-15-21(28)27(20-12-10-9-11-19(20)24)25(24,26)22(18)23(29)30-5/h9-12,18,22H,4,6-8,13-16H2,1-3,5H3/t18-,22-,24+,25+/m0/s1. The van der Waals surface area contributed by atoms with Crippen LogP contribution in [0.1, 0.15) is 39.2 Å². The molecule has 1 amide bonds. The minimum Gasteiger partial charge on any atom is -0.469 e. The molecule has 1 aromatic rings. The van der Waals surface area contributed by atoms with Crippen LogP contribution in [-0.2, 0) is 24.4 Å². The van der Waals surface area contributed by atoms with E-state index in [1.165, 1.54) is 7.11 Å². The first-order valence-electron chi connectivity index (χ1n) is 12.0. The molecule has 1 aromatic carbocycles. The number of esters is 1. The van der Waals surface area contributed by atoms with Gasteiger partial charge in [-0.2, -0.15) is 0 Å². The van der Waals surface area contributed by atoms with Gasteiger partial charge in [0.1, 0.15) is 17.2 Å². The first-order chi connectivity index (χ1) is 15.4. The van der Waals surface area contributed by atoms with Crippen LogP contribution < -0.4 is 4.90 Å². The number of methoxy groups -OCH3 is 1. The molecule has 0 saturated carbocycles. The van der Waals surface area contributed by atoms with Crippen LogP contribution >= 0.6 is 0 Å². The zero-order valence-corrected chi connectivity index (χ0v) is 20.6. The highest BCUT2D eigenvalue weighted by molar-refractivity contribution is 6.73. The number of hydrogen-bond acceptors (Lipinski definition) is 5. The lowest BCUT2D eigenvalue weighted by Crippen LogP contribution is -2.78. The van der Waals surface area contributed by atoms with Gasteiger partial charge in [-0.05, 0) is 30.6 Å². The molecule has 0 N–H and O–H groups in total. The molecular weight excluding hydrogens is 420 g/mol. The number of piperidine rings is 2. The normalized spacial score (nSPS) is 33.3. The third kappa shape index (κ3) is 2.37. The molecule has 32 heavy (non-hydrogen) atoms. The number of amides is 1. The SMILES string of the molecule is C=C1CN2CC[C@@]3(O[Si](CC)(CC)CC)c4ccccc4N4C(=O)C[C@@H]1[C@@H](C(=O)OC)[C@@]243. The number of anilines is 1. The van der Waals surface area contributed by atoms with E-state index < -0.39 is 25.5 Å². The zero-order valence-electron chi connectivity index (χ0n) is 19.6. The van der Waals surface area contributed by atoms with E-state index in [9.17, 15) is 9.59 Å². The summed E-state index contributed by atoms with van der Waals surface area (Å²) in [4.78, 5) is 31.5. The number of rotatable bonds is 6. The summed E-state index contributed by atoms with van der Waals surface area (Å²) in [5.41, 5.74) is 1.29. The van der Waals surface area contributed by atoms with Crippen LogP contribution in [0.3, 0.4) is 0 Å². The Balaban J connectivity index is 1.83. The molecule has 172 valence electrons. The van der Waals surface area contributed by atoms with Crippen molar-refractivity contribution in [1.29, 1.82) is 0 Å². The summed E-state index contributed by atoms with van der Waals surface area (Å²) in [5, 5.41) is 0. The Morgan fingerprint density at radius 3 is 2.56 bits per heavy atom. The van der Waals surface area contributed by atoms with Crippen LogP contribution in [0.2, 0.25) is 18.1 Å². The quantitative estimate of drug-likeness (QED) is 0.369. The molecule has 0 radical (unpaired) electrons. The van der Waals surface area contributed by atoms with E-state index in [1.807, 2.05) is 23.1 Å². The average Bonchev–Trinajstić information content (AvgIpc) is 3.24. The van der Waals surface area contributed by atoms with Gasteiger partial charge in [0, 0.05) is 31.0 Å². The fourth-order valence-electron chi connectivity index (χ4n) is 7.25. The van der Waals surface area contributed by atoms with Crippen molar-refractivity contribution in [3.8, 4) is 0 Å². The Labute approximate surface area is 191 Å². The van der Waals surface area contributed by atoms with E-state index in [2.05, 4.69) is 38.3 Å². The first-order valence-corrected chi connectivity index (χ1v) is 14.5. The van der Waals surface area contributed by atoms with Crippen molar-refractivity contribution in [1.82, 2.24) is 4.90 Å². The minimum atomic E-state index is -2.11. The van der Waals surface area contributed by atoms with Crippen LogP contribution in [0.15, 0.2) is 36.4 Å². The minimum absolute atomic E-state index is 0.0533. The van der Waals surface area contributed by atoms with Crippen LogP contribution in [0.25, 0.3) is 0 Å². The highest BCUT2D eigenvalue weighted by Crippen LogP contribution is 2.68. The maximum Gasteiger partial charge on any atom is 0.313 e. The summed E-state index contributed by atoms with van der Waals surface area (Å²) < 4.78 is 12.9. The van der Waals surface area contributed by atoms with Gasteiger partial charge in [0.05, 0.1) is 12.8 Å². The van der Waals surface area contributed by atoms with E-state index in [0.717, 1.165) is 47.9 Å². The number of nitrogens with zero attached hydrogens (tertiary/aromatic N) is 2. The van der Waals surface area contributed by atoms with Gasteiger partial charge >= 0.3 is 5.97 Å². The van der Waals surface area contributed by atoms with E-state index in [0.29, 0.717) is 6.54 Å². The van der Waals surface area contributed by atoms with Crippen molar-refractivity contribution >= 4 is 25.9 Å². The second-order valence-corrected chi connectivity index (χ2v) is 14.5. The lowest BCUT2D eigenvalue weighted by molar-refractivity contribution is -0.174. The molecular formula is C25H34N2O4Si. The Morgan fingerprint density at radius 2 is 1.91 bits per heavy atom. The molecule has 3 fully saturated rings. The predicted molar refractivity (Wildman–Crippen MR) is 126 cm³/mol. The Bertz CT molecular complexity index is 984. The molecule has 4 heterocycles. The van der Waals surface area contributed by atoms with Gasteiger partial charge < -0.3 is 9.16 Å². The highest BCUT2D eigenvalue weighted by atomic mass is 28.4. The van der Waals surface area contributed by atoms with Crippen molar-refractivity contribution < 1.29 is 18.8 Å². The van der Waals surface area contributed by atoms with Crippen molar-refractivity contribution in [3.63, 3.8) is 0 Å². The van der Waals surface area contributed by atoms with Gasteiger partial charge in [-0.25, -0.2) is 0 Å². The van der Waals surface area contributed by atoms with Gasteiger partial charge in [-0.3, -0.25) is 19.4 Å². The molecule has 7 heteroatoms. The van der Waals surface area contributed by atoms with Crippen LogP contribution in [0.4, 0.5) is 5.69 Å². The second kappa shape index (κ2) is 7.27. The smallest absolute Gasteiger partial charge is 0.313 e. The first kappa shape index (κ1) is 21.9. The fraction of sp³-hybridized carbons (Fsp3) is 0.600. The summed E-state index contributed by atoms with van der Waals surface area (Å²) in [5.74, 6) is -0.951. The number of hydrogen-bond donors (Lipinski definition) is 0. The van der Waals surface area contributed by atoms with Crippen LogP contribution in [0, 0.1) is 11.8 Å². The van der Waals surface area contributed by atoms with E-state index >= 15 is 0 Å². The largest absolute Gasteiger partial charge is 0.469 e. The fourth-order valence-corrected chi connectivity index (χ4v) is 10.3. The Kier molecular flexibility index (Phi) is 4.97. The molecule has 4 aliphatic heterocycles. The molecule has 1 spiro atoms. The third-order valence-electron chi connectivity index (χ3n) is 8.91. The number of para-hydroxylation sites is 1. The van der Waals surface area contributed by atoms with E-state index in [1.54, 1.807) is 0 Å².